The van der Waals surface area contributed by atoms with Crippen LogP contribution < -0.4 is 56.7 Å². The van der Waals surface area contributed by atoms with Gasteiger partial charge in [-0.25, -0.2) is 4.99 Å². The molecule has 0 fully saturated rings. The van der Waals surface area contributed by atoms with Crippen LogP contribution in [0.1, 0.15) is 70.9 Å². The Morgan fingerprint density at radius 3 is 2.52 bits per heavy atom. The van der Waals surface area contributed by atoms with Crippen molar-refractivity contribution in [3.05, 3.63) is 78.6 Å². The average molecular weight is 540 g/mol. The van der Waals surface area contributed by atoms with Gasteiger partial charge in [-0.3, -0.25) is 0 Å². The standard InChI is InChI=1S/C25H35Cl3N2O.CH3.K/c1-7-11-21(31-18(5)8-2)13-10-12-17(4)29-25(23(27)9-3)30-19(6)22-15-14-20(26)16-24(22)28;;/h9,14-16,18-19,21,30H,2-3,5,7-8,10-13H2,1,4,6H3;1H3;/q-2;-1;+1/b25-23-,29-17+;;. The summed E-state index contributed by atoms with van der Waals surface area (Å²) in [6.45, 7) is 17.8. The summed E-state index contributed by atoms with van der Waals surface area (Å²) in [4.78, 5) is 4.73. The third-order valence-corrected chi connectivity index (χ3v) is 5.77. The van der Waals surface area contributed by atoms with Crippen LogP contribution in [0.15, 0.2) is 46.7 Å². The van der Waals surface area contributed by atoms with Crippen LogP contribution in [0.3, 0.4) is 0 Å². The van der Waals surface area contributed by atoms with Gasteiger partial charge in [0, 0.05) is 15.8 Å². The number of benzene rings is 1. The van der Waals surface area contributed by atoms with E-state index >= 15 is 0 Å². The molecule has 0 amide bonds. The maximum absolute atomic E-state index is 6.38. The van der Waals surface area contributed by atoms with Gasteiger partial charge in [0.2, 0.25) is 0 Å². The van der Waals surface area contributed by atoms with E-state index in [-0.39, 0.29) is 77.1 Å². The molecule has 0 saturated heterocycles. The zero-order valence-electron chi connectivity index (χ0n) is 20.9. The second kappa shape index (κ2) is 19.8. The number of allylic oxidation sites excluding steroid dienone is 2. The Morgan fingerprint density at radius 2 is 1.97 bits per heavy atom. The Morgan fingerprint density at radius 1 is 1.30 bits per heavy atom. The summed E-state index contributed by atoms with van der Waals surface area (Å²) in [6, 6.07) is 5.33. The van der Waals surface area contributed by atoms with Crippen LogP contribution in [0.25, 0.3) is 0 Å². The zero-order chi connectivity index (χ0) is 23.4. The molecule has 3 nitrogen and oxygen atoms in total. The van der Waals surface area contributed by atoms with Gasteiger partial charge in [-0.05, 0) is 63.3 Å². The molecule has 1 aromatic carbocycles. The van der Waals surface area contributed by atoms with Gasteiger partial charge in [-0.15, -0.1) is 0 Å². The Balaban J connectivity index is 0. The Kier molecular flexibility index (Phi) is 21.5. The Bertz CT molecular complexity index is 768. The molecular formula is C26H38Cl3KN2O-2. The predicted octanol–water partition coefficient (Wildman–Crippen LogP) is 5.94. The molecule has 0 aliphatic heterocycles. The van der Waals surface area contributed by atoms with Gasteiger partial charge in [0.05, 0.1) is 17.2 Å². The van der Waals surface area contributed by atoms with Gasteiger partial charge in [-0.2, -0.15) is 6.42 Å². The van der Waals surface area contributed by atoms with E-state index in [9.17, 15) is 0 Å². The van der Waals surface area contributed by atoms with Gasteiger partial charge in [0.1, 0.15) is 5.82 Å². The molecule has 7 heteroatoms. The average Bonchev–Trinajstić information content (AvgIpc) is 2.72. The normalized spacial score (nSPS) is 14.8. The molecule has 0 bridgehead atoms. The molecule has 3 atom stereocenters. The first-order valence-electron chi connectivity index (χ1n) is 10.8. The monoisotopic (exact) mass is 538 g/mol. The van der Waals surface area contributed by atoms with Crippen molar-refractivity contribution in [2.45, 2.75) is 77.5 Å². The van der Waals surface area contributed by atoms with Crippen LogP contribution in [-0.4, -0.2) is 17.9 Å². The fourth-order valence-electron chi connectivity index (χ4n) is 3.16. The maximum Gasteiger partial charge on any atom is 1.00 e. The predicted molar refractivity (Wildman–Crippen MR) is 143 cm³/mol. The second-order valence-corrected chi connectivity index (χ2v) is 8.88. The molecule has 0 heterocycles. The van der Waals surface area contributed by atoms with Crippen LogP contribution in [0.4, 0.5) is 0 Å². The first kappa shape index (κ1) is 35.8. The van der Waals surface area contributed by atoms with Crippen molar-refractivity contribution in [2.24, 2.45) is 4.99 Å². The molecule has 1 aromatic rings. The maximum atomic E-state index is 6.38. The molecular weight excluding hydrogens is 502 g/mol. The number of rotatable bonds is 14. The van der Waals surface area contributed by atoms with Gasteiger partial charge in [0.15, 0.2) is 0 Å². The van der Waals surface area contributed by atoms with E-state index in [1.54, 1.807) is 12.1 Å². The largest absolute Gasteiger partial charge is 1.00 e. The van der Waals surface area contributed by atoms with Crippen LogP contribution in [0.2, 0.25) is 10.0 Å². The minimum atomic E-state index is -0.107. The molecule has 33 heavy (non-hydrogen) atoms. The number of hydrogen-bond acceptors (Lipinski definition) is 3. The first-order valence-corrected chi connectivity index (χ1v) is 11.9. The van der Waals surface area contributed by atoms with Crippen LogP contribution >= 0.6 is 34.8 Å². The molecule has 1 rings (SSSR count). The van der Waals surface area contributed by atoms with E-state index in [1.807, 2.05) is 26.0 Å². The van der Waals surface area contributed by atoms with Gasteiger partial charge >= 0.3 is 51.4 Å². The van der Waals surface area contributed by atoms with E-state index in [4.69, 9.17) is 44.5 Å². The molecule has 3 unspecified atom stereocenters. The number of nitrogens with one attached hydrogen (secondary N) is 1. The Labute approximate surface area is 260 Å². The number of halogens is 3. The van der Waals surface area contributed by atoms with Crippen LogP contribution in [-0.2, 0) is 4.74 Å². The van der Waals surface area contributed by atoms with Gasteiger partial charge in [0.25, 0.3) is 0 Å². The molecule has 0 spiro atoms. The van der Waals surface area contributed by atoms with Crippen molar-refractivity contribution >= 4 is 40.5 Å². The number of hydrogen-bond donors (Lipinski definition) is 1. The summed E-state index contributed by atoms with van der Waals surface area (Å²) >= 11 is 18.7. The van der Waals surface area contributed by atoms with E-state index in [0.29, 0.717) is 27.3 Å². The van der Waals surface area contributed by atoms with Crippen LogP contribution in [0, 0.1) is 21.3 Å². The smallest absolute Gasteiger partial charge is 0.410 e. The van der Waals surface area contributed by atoms with E-state index in [1.165, 1.54) is 0 Å². The zero-order valence-corrected chi connectivity index (χ0v) is 26.3. The number of ether oxygens (including phenoxy) is 1. The van der Waals surface area contributed by atoms with Crippen molar-refractivity contribution in [3.63, 3.8) is 0 Å². The van der Waals surface area contributed by atoms with E-state index < -0.39 is 0 Å². The summed E-state index contributed by atoms with van der Waals surface area (Å²) in [5, 5.41) is 5.00. The summed E-state index contributed by atoms with van der Waals surface area (Å²) in [5.74, 6) is 0.573. The third kappa shape index (κ3) is 14.1. The summed E-state index contributed by atoms with van der Waals surface area (Å²) < 4.78 is 5.99. The fraction of sp³-hybridized carbons (Fsp3) is 0.462. The summed E-state index contributed by atoms with van der Waals surface area (Å²) in [7, 11) is 0. The van der Waals surface area contributed by atoms with Gasteiger partial charge in [-0.1, -0.05) is 66.9 Å². The summed E-state index contributed by atoms with van der Waals surface area (Å²) in [5.41, 5.74) is 1.90. The van der Waals surface area contributed by atoms with E-state index in [2.05, 4.69) is 32.7 Å². The number of nitrogens with zero attached hydrogens (tertiary/aromatic N) is 1. The van der Waals surface area contributed by atoms with Crippen molar-refractivity contribution in [2.75, 3.05) is 0 Å². The Hall–Kier alpha value is 0.636. The molecule has 0 aliphatic rings. The van der Waals surface area contributed by atoms with Crippen molar-refractivity contribution in [1.82, 2.24) is 5.32 Å². The molecule has 0 saturated carbocycles. The first-order chi connectivity index (χ1) is 14.7. The second-order valence-electron chi connectivity index (χ2n) is 7.63. The SMILES string of the molecule is C=C/C(Cl)=C(\N=C(/C)CCCC(CCC)OC([CH2-])C[CH2-])NC(C)c1ccc(Cl)cc1Cl.[CH3-].[K+]. The summed E-state index contributed by atoms with van der Waals surface area (Å²) in [6.07, 6.45) is 7.29. The van der Waals surface area contributed by atoms with Crippen molar-refractivity contribution < 1.29 is 56.1 Å². The quantitative estimate of drug-likeness (QED) is 0.137. The number of aliphatic imine (C=N–C) groups is 1. The van der Waals surface area contributed by atoms with Gasteiger partial charge < -0.3 is 31.3 Å². The molecule has 182 valence electrons. The fourth-order valence-corrected chi connectivity index (χ4v) is 3.83. The minimum Gasteiger partial charge on any atom is -0.410 e. The third-order valence-electron chi connectivity index (χ3n) is 4.87. The van der Waals surface area contributed by atoms with Crippen LogP contribution in [0.5, 0.6) is 0 Å². The topological polar surface area (TPSA) is 33.6 Å². The van der Waals surface area contributed by atoms with Crippen molar-refractivity contribution in [3.8, 4) is 0 Å². The van der Waals surface area contributed by atoms with Crippen molar-refractivity contribution in [1.29, 1.82) is 0 Å². The molecule has 0 aromatic heterocycles. The minimum absolute atomic E-state index is 0. The van der Waals surface area contributed by atoms with E-state index in [0.717, 1.165) is 43.4 Å². The molecule has 1 N–H and O–H groups in total. The molecule has 0 aliphatic carbocycles. The molecule has 0 radical (unpaired) electrons.